The minimum Gasteiger partial charge on any atom is -0.360 e. The number of thiophene rings is 1. The lowest BCUT2D eigenvalue weighted by Gasteiger charge is -2.13. The number of carbonyl (C=O) groups is 2. The van der Waals surface area contributed by atoms with E-state index >= 15 is 0 Å². The van der Waals surface area contributed by atoms with Gasteiger partial charge >= 0.3 is 0 Å². The number of aromatic amines is 1. The number of hydrogen-bond acceptors (Lipinski definition) is 8. The van der Waals surface area contributed by atoms with Gasteiger partial charge in [0, 0.05) is 36.3 Å². The second kappa shape index (κ2) is 9.55. The van der Waals surface area contributed by atoms with Crippen LogP contribution in [-0.2, 0) is 6.42 Å². The summed E-state index contributed by atoms with van der Waals surface area (Å²) in [6.45, 7) is 2.38. The second-order valence-corrected chi connectivity index (χ2v) is 9.87. The molecule has 0 radical (unpaired) electrons. The Kier molecular flexibility index (Phi) is 6.63. The van der Waals surface area contributed by atoms with Crippen molar-refractivity contribution in [2.75, 3.05) is 30.7 Å². The zero-order chi connectivity index (χ0) is 20.1. The molecular weight excluding hydrogens is 426 g/mol. The van der Waals surface area contributed by atoms with E-state index in [0.717, 1.165) is 48.4 Å². The largest absolute Gasteiger partial charge is 0.360 e. The summed E-state index contributed by atoms with van der Waals surface area (Å²) < 4.78 is 0.751. The van der Waals surface area contributed by atoms with Gasteiger partial charge in [-0.15, -0.1) is 21.5 Å². The number of hydrogen-bond donors (Lipinski definition) is 2. The summed E-state index contributed by atoms with van der Waals surface area (Å²) in [5, 5.41) is 14.4. The van der Waals surface area contributed by atoms with Gasteiger partial charge in [-0.2, -0.15) is 0 Å². The number of nitrogens with zero attached hydrogens (tertiary/aromatic N) is 3. The van der Waals surface area contributed by atoms with Gasteiger partial charge in [-0.05, 0) is 36.8 Å². The third-order valence-corrected chi connectivity index (χ3v) is 7.54. The van der Waals surface area contributed by atoms with Gasteiger partial charge in [0.15, 0.2) is 10.1 Å². The molecular formula is C19H21N5O2S3. The van der Waals surface area contributed by atoms with E-state index in [-0.39, 0.29) is 17.4 Å². The highest BCUT2D eigenvalue weighted by Gasteiger charge is 2.21. The molecule has 1 amide bonds. The molecule has 29 heavy (non-hydrogen) atoms. The number of rotatable bonds is 9. The highest BCUT2D eigenvalue weighted by Crippen LogP contribution is 2.26. The Morgan fingerprint density at radius 2 is 2.14 bits per heavy atom. The third-order valence-electron chi connectivity index (χ3n) is 4.59. The molecule has 0 atom stereocenters. The molecule has 0 aliphatic carbocycles. The quantitative estimate of drug-likeness (QED) is 0.383. The summed E-state index contributed by atoms with van der Waals surface area (Å²) in [6.07, 6.45) is 4.65. The molecule has 7 nitrogen and oxygen atoms in total. The summed E-state index contributed by atoms with van der Waals surface area (Å²) >= 11 is 4.56. The Morgan fingerprint density at radius 1 is 1.28 bits per heavy atom. The van der Waals surface area contributed by atoms with E-state index in [1.165, 1.54) is 28.0 Å². The fraction of sp³-hybridized carbons (Fsp3) is 0.368. The van der Waals surface area contributed by atoms with Gasteiger partial charge in [-0.1, -0.05) is 29.2 Å². The fourth-order valence-corrected chi connectivity index (χ4v) is 5.45. The van der Waals surface area contributed by atoms with E-state index in [1.807, 2.05) is 11.0 Å². The van der Waals surface area contributed by atoms with Crippen molar-refractivity contribution in [2.24, 2.45) is 0 Å². The van der Waals surface area contributed by atoms with E-state index in [4.69, 9.17) is 0 Å². The standard InChI is InChI=1S/C19H21N5O2S3/c25-16(13-10-15(21-11-13)17(26)24-7-1-2-8-24)12-28-19-23-22-18(29-19)20-6-5-14-4-3-9-27-14/h3-4,9-11,21H,1-2,5-8,12H2,(H,20,22). The van der Waals surface area contributed by atoms with Gasteiger partial charge in [-0.25, -0.2) is 0 Å². The average molecular weight is 448 g/mol. The number of thioether (sulfide) groups is 1. The summed E-state index contributed by atoms with van der Waals surface area (Å²) in [4.78, 5) is 30.9. The smallest absolute Gasteiger partial charge is 0.270 e. The number of ketones is 1. The molecule has 0 unspecified atom stereocenters. The van der Waals surface area contributed by atoms with Crippen LogP contribution in [0.1, 0.15) is 38.6 Å². The maximum absolute atomic E-state index is 12.5. The van der Waals surface area contributed by atoms with Gasteiger partial charge in [0.05, 0.1) is 5.75 Å². The lowest BCUT2D eigenvalue weighted by atomic mass is 10.2. The second-order valence-electron chi connectivity index (χ2n) is 6.64. The van der Waals surface area contributed by atoms with Crippen LogP contribution < -0.4 is 5.32 Å². The molecule has 3 aromatic rings. The third kappa shape index (κ3) is 5.26. The van der Waals surface area contributed by atoms with Gasteiger partial charge in [0.1, 0.15) is 5.69 Å². The van der Waals surface area contributed by atoms with Gasteiger partial charge < -0.3 is 15.2 Å². The number of anilines is 1. The highest BCUT2D eigenvalue weighted by atomic mass is 32.2. The molecule has 1 aliphatic rings. The summed E-state index contributed by atoms with van der Waals surface area (Å²) in [5.41, 5.74) is 1.01. The molecule has 1 aliphatic heterocycles. The van der Waals surface area contributed by atoms with Crippen LogP contribution in [0, 0.1) is 0 Å². The van der Waals surface area contributed by atoms with Crippen LogP contribution in [0.4, 0.5) is 5.13 Å². The molecule has 152 valence electrons. The molecule has 4 rings (SSSR count). The Morgan fingerprint density at radius 3 is 2.93 bits per heavy atom. The summed E-state index contributed by atoms with van der Waals surface area (Å²) in [5.74, 6) is 0.199. The Labute approximate surface area is 180 Å². The molecule has 0 bridgehead atoms. The van der Waals surface area contributed by atoms with Crippen molar-refractivity contribution in [1.29, 1.82) is 0 Å². The zero-order valence-corrected chi connectivity index (χ0v) is 18.2. The van der Waals surface area contributed by atoms with Crippen LogP contribution in [0.25, 0.3) is 0 Å². The van der Waals surface area contributed by atoms with E-state index in [1.54, 1.807) is 23.6 Å². The van der Waals surface area contributed by atoms with Crippen LogP contribution >= 0.6 is 34.4 Å². The van der Waals surface area contributed by atoms with Crippen LogP contribution in [0.5, 0.6) is 0 Å². The summed E-state index contributed by atoms with van der Waals surface area (Å²) in [7, 11) is 0. The lowest BCUT2D eigenvalue weighted by Crippen LogP contribution is -2.27. The van der Waals surface area contributed by atoms with E-state index in [2.05, 4.69) is 31.9 Å². The maximum atomic E-state index is 12.5. The van der Waals surface area contributed by atoms with Crippen LogP contribution in [-0.4, -0.2) is 57.2 Å². The monoisotopic (exact) mass is 447 g/mol. The molecule has 2 N–H and O–H groups in total. The van der Waals surface area contributed by atoms with Gasteiger partial charge in [-0.3, -0.25) is 9.59 Å². The highest BCUT2D eigenvalue weighted by molar-refractivity contribution is 8.01. The topological polar surface area (TPSA) is 91.0 Å². The van der Waals surface area contributed by atoms with Gasteiger partial charge in [0.2, 0.25) is 5.13 Å². The molecule has 0 aromatic carbocycles. The minimum absolute atomic E-state index is 0.0309. The van der Waals surface area contributed by atoms with Crippen molar-refractivity contribution < 1.29 is 9.59 Å². The molecule has 1 fully saturated rings. The zero-order valence-electron chi connectivity index (χ0n) is 15.7. The van der Waals surface area contributed by atoms with Crippen molar-refractivity contribution in [1.82, 2.24) is 20.1 Å². The van der Waals surface area contributed by atoms with Crippen molar-refractivity contribution in [3.8, 4) is 0 Å². The first-order valence-electron chi connectivity index (χ1n) is 9.42. The number of Topliss-reactive ketones (excluding diaryl/α,β-unsaturated/α-hetero) is 1. The average Bonchev–Trinajstić information content (AvgIpc) is 3.53. The van der Waals surface area contributed by atoms with Crippen LogP contribution in [0.2, 0.25) is 0 Å². The molecule has 0 spiro atoms. The Hall–Kier alpha value is -2.17. The number of likely N-dealkylation sites (tertiary alicyclic amines) is 1. The molecule has 4 heterocycles. The normalized spacial score (nSPS) is 13.7. The Balaban J connectivity index is 1.24. The first-order chi connectivity index (χ1) is 14.2. The SMILES string of the molecule is O=C(CSc1nnc(NCCc2cccs2)s1)c1c[nH]c(C(=O)N2CCCC2)c1. The van der Waals surface area contributed by atoms with Crippen LogP contribution in [0.3, 0.4) is 0 Å². The van der Waals surface area contributed by atoms with Crippen LogP contribution in [0.15, 0.2) is 34.1 Å². The first-order valence-corrected chi connectivity index (χ1v) is 12.1. The van der Waals surface area contributed by atoms with Crippen molar-refractivity contribution in [3.05, 3.63) is 45.9 Å². The fourth-order valence-electron chi connectivity index (χ4n) is 3.07. The Bertz CT molecular complexity index is 960. The van der Waals surface area contributed by atoms with E-state index in [9.17, 15) is 9.59 Å². The number of H-pyrrole nitrogens is 1. The van der Waals surface area contributed by atoms with Gasteiger partial charge in [0.25, 0.3) is 5.91 Å². The summed E-state index contributed by atoms with van der Waals surface area (Å²) in [6, 6.07) is 5.82. The number of nitrogens with one attached hydrogen (secondary N) is 2. The number of aromatic nitrogens is 3. The number of amides is 1. The minimum atomic E-state index is -0.0332. The maximum Gasteiger partial charge on any atom is 0.270 e. The van der Waals surface area contributed by atoms with Crippen molar-refractivity contribution in [3.63, 3.8) is 0 Å². The molecule has 3 aromatic heterocycles. The number of carbonyl (C=O) groups excluding carboxylic acids is 2. The predicted octanol–water partition coefficient (Wildman–Crippen LogP) is 3.79. The molecule has 0 saturated carbocycles. The predicted molar refractivity (Wildman–Crippen MR) is 117 cm³/mol. The van der Waals surface area contributed by atoms with Crippen molar-refractivity contribution >= 4 is 51.3 Å². The lowest BCUT2D eigenvalue weighted by molar-refractivity contribution is 0.0787. The van der Waals surface area contributed by atoms with E-state index in [0.29, 0.717) is 11.3 Å². The van der Waals surface area contributed by atoms with Crippen molar-refractivity contribution in [2.45, 2.75) is 23.6 Å². The first kappa shape index (κ1) is 20.1. The molecule has 10 heteroatoms. The van der Waals surface area contributed by atoms with E-state index < -0.39 is 0 Å². The molecule has 1 saturated heterocycles.